The minimum Gasteiger partial charge on any atom is -0.308 e. The highest BCUT2D eigenvalue weighted by molar-refractivity contribution is 6.37. The van der Waals surface area contributed by atoms with E-state index in [0.717, 1.165) is 33.2 Å². The predicted octanol–water partition coefficient (Wildman–Crippen LogP) is 10.7. The molecule has 0 fully saturated rings. The van der Waals surface area contributed by atoms with Crippen molar-refractivity contribution in [2.75, 3.05) is 0 Å². The van der Waals surface area contributed by atoms with Gasteiger partial charge in [-0.15, -0.1) is 0 Å². The summed E-state index contributed by atoms with van der Waals surface area (Å²) in [6.45, 7) is 0. The molecule has 4 heterocycles. The van der Waals surface area contributed by atoms with Gasteiger partial charge in [0, 0.05) is 48.7 Å². The van der Waals surface area contributed by atoms with Gasteiger partial charge in [0.15, 0.2) is 0 Å². The molecule has 212 valence electrons. The normalized spacial score (nSPS) is 12.3. The predicted molar refractivity (Wildman–Crippen MR) is 191 cm³/mol. The highest BCUT2D eigenvalue weighted by atomic mass is 15.2. The van der Waals surface area contributed by atoms with Crippen LogP contribution in [0.4, 0.5) is 0 Å². The molecule has 0 atom stereocenters. The maximum absolute atomic E-state index is 5.41. The molecule has 0 saturated heterocycles. The van der Waals surface area contributed by atoms with Crippen molar-refractivity contribution in [1.29, 1.82) is 0 Å². The van der Waals surface area contributed by atoms with Crippen LogP contribution >= 0.6 is 0 Å². The molecule has 7 aromatic carbocycles. The fourth-order valence-corrected chi connectivity index (χ4v) is 7.96. The zero-order chi connectivity index (χ0) is 29.9. The second-order valence-corrected chi connectivity index (χ2v) is 12.2. The van der Waals surface area contributed by atoms with Gasteiger partial charge in [-0.25, -0.2) is 9.97 Å². The second-order valence-electron chi connectivity index (χ2n) is 12.2. The van der Waals surface area contributed by atoms with E-state index in [9.17, 15) is 0 Å². The van der Waals surface area contributed by atoms with Crippen molar-refractivity contribution in [2.24, 2.45) is 0 Å². The molecule has 0 bridgehead atoms. The van der Waals surface area contributed by atoms with Gasteiger partial charge in [0.2, 0.25) is 5.95 Å². The maximum Gasteiger partial charge on any atom is 0.235 e. The van der Waals surface area contributed by atoms with Crippen molar-refractivity contribution in [3.05, 3.63) is 146 Å². The van der Waals surface area contributed by atoms with Gasteiger partial charge < -0.3 is 4.40 Å². The summed E-state index contributed by atoms with van der Waals surface area (Å²) >= 11 is 0. The number of benzene rings is 7. The van der Waals surface area contributed by atoms with E-state index in [4.69, 9.17) is 9.97 Å². The Morgan fingerprint density at radius 2 is 1.09 bits per heavy atom. The zero-order valence-electron chi connectivity index (χ0n) is 24.6. The first-order valence-corrected chi connectivity index (χ1v) is 15.7. The van der Waals surface area contributed by atoms with Crippen LogP contribution in [0.5, 0.6) is 0 Å². The Morgan fingerprint density at radius 3 is 1.93 bits per heavy atom. The standard InChI is InChI=1S/C42H24N4/c1-2-13-26(14-3-1)39-29-17-6-9-19-33(29)43-42(44-39)46-36-24-32-28-16-7-10-20-34(28)45-35-21-11-8-18-30(35)38(41(32)45)37(36)31-23-22-25-12-4-5-15-27(25)40(31)46/h1-24H. The summed E-state index contributed by atoms with van der Waals surface area (Å²) in [6, 6.07) is 52.0. The minimum atomic E-state index is 0.676. The van der Waals surface area contributed by atoms with E-state index in [1.165, 1.54) is 59.6 Å². The SMILES string of the molecule is c1ccc(-c2nc(-n3c4cc5c6ccccc6n6c7ccccc7c(c4c4ccc7ccccc7c43)c56)nc3ccccc23)cc1. The van der Waals surface area contributed by atoms with Gasteiger partial charge in [0.1, 0.15) is 0 Å². The zero-order valence-corrected chi connectivity index (χ0v) is 24.6. The number of nitrogens with zero attached hydrogens (tertiary/aromatic N) is 4. The van der Waals surface area contributed by atoms with E-state index in [2.05, 4.69) is 155 Å². The second kappa shape index (κ2) is 8.68. The number of hydrogen-bond acceptors (Lipinski definition) is 2. The fourth-order valence-electron chi connectivity index (χ4n) is 7.96. The van der Waals surface area contributed by atoms with Crippen LogP contribution in [0.15, 0.2) is 146 Å². The monoisotopic (exact) mass is 584 g/mol. The van der Waals surface area contributed by atoms with Crippen LogP contribution < -0.4 is 0 Å². The van der Waals surface area contributed by atoms with Crippen molar-refractivity contribution < 1.29 is 0 Å². The average Bonchev–Trinajstić information content (AvgIpc) is 3.76. The lowest BCUT2D eigenvalue weighted by Crippen LogP contribution is -2.03. The molecule has 0 N–H and O–H groups in total. The number of fused-ring (bicyclic) bond motifs is 13. The summed E-state index contributed by atoms with van der Waals surface area (Å²) in [5.41, 5.74) is 8.90. The van der Waals surface area contributed by atoms with E-state index in [-0.39, 0.29) is 0 Å². The third-order valence-corrected chi connectivity index (χ3v) is 9.83. The smallest absolute Gasteiger partial charge is 0.235 e. The number of hydrogen-bond donors (Lipinski definition) is 0. The first-order valence-electron chi connectivity index (χ1n) is 15.7. The maximum atomic E-state index is 5.41. The van der Waals surface area contributed by atoms with Crippen molar-refractivity contribution in [2.45, 2.75) is 0 Å². The fraction of sp³-hybridized carbons (Fsp3) is 0. The summed E-state index contributed by atoms with van der Waals surface area (Å²) in [4.78, 5) is 10.7. The molecular weight excluding hydrogens is 560 g/mol. The Kier molecular flexibility index (Phi) is 4.55. The average molecular weight is 585 g/mol. The highest BCUT2D eigenvalue weighted by Crippen LogP contribution is 2.47. The van der Waals surface area contributed by atoms with Gasteiger partial charge in [-0.1, -0.05) is 121 Å². The molecule has 4 nitrogen and oxygen atoms in total. The molecule has 4 aromatic heterocycles. The molecule has 0 spiro atoms. The molecular formula is C42H24N4. The van der Waals surface area contributed by atoms with Gasteiger partial charge in [-0.05, 0) is 29.7 Å². The lowest BCUT2D eigenvalue weighted by molar-refractivity contribution is 1.02. The third-order valence-electron chi connectivity index (χ3n) is 9.83. The van der Waals surface area contributed by atoms with Crippen LogP contribution in [0.1, 0.15) is 0 Å². The van der Waals surface area contributed by atoms with Crippen LogP contribution in [0.25, 0.3) is 98.8 Å². The summed E-state index contributed by atoms with van der Waals surface area (Å²) in [6.07, 6.45) is 0. The van der Waals surface area contributed by atoms with Crippen LogP contribution in [0, 0.1) is 0 Å². The molecule has 0 saturated carbocycles. The van der Waals surface area contributed by atoms with Crippen LogP contribution in [0.3, 0.4) is 0 Å². The van der Waals surface area contributed by atoms with Gasteiger partial charge in [-0.3, -0.25) is 4.57 Å². The number of para-hydroxylation sites is 3. The largest absolute Gasteiger partial charge is 0.308 e. The van der Waals surface area contributed by atoms with Crippen molar-refractivity contribution >= 4 is 81.6 Å². The molecule has 46 heavy (non-hydrogen) atoms. The number of aromatic nitrogens is 4. The number of rotatable bonds is 2. The lowest BCUT2D eigenvalue weighted by Gasteiger charge is -2.12. The molecule has 0 radical (unpaired) electrons. The molecule has 0 aliphatic rings. The van der Waals surface area contributed by atoms with E-state index in [1.807, 2.05) is 0 Å². The Balaban J connectivity index is 1.43. The van der Waals surface area contributed by atoms with Gasteiger partial charge >= 0.3 is 0 Å². The molecule has 0 aliphatic carbocycles. The Labute approximate surface area is 262 Å². The Bertz CT molecular complexity index is 3020. The van der Waals surface area contributed by atoms with E-state index in [0.29, 0.717) is 5.95 Å². The van der Waals surface area contributed by atoms with Crippen molar-refractivity contribution in [3.63, 3.8) is 0 Å². The topological polar surface area (TPSA) is 35.1 Å². The van der Waals surface area contributed by atoms with Gasteiger partial charge in [0.25, 0.3) is 0 Å². The first kappa shape index (κ1) is 24.1. The van der Waals surface area contributed by atoms with Crippen molar-refractivity contribution in [3.8, 4) is 17.2 Å². The van der Waals surface area contributed by atoms with E-state index >= 15 is 0 Å². The summed E-state index contributed by atoms with van der Waals surface area (Å²) in [5.74, 6) is 0.676. The minimum absolute atomic E-state index is 0.676. The Hall–Kier alpha value is -6.26. The van der Waals surface area contributed by atoms with Gasteiger partial charge in [-0.2, -0.15) is 0 Å². The van der Waals surface area contributed by atoms with Crippen molar-refractivity contribution in [1.82, 2.24) is 18.9 Å². The summed E-state index contributed by atoms with van der Waals surface area (Å²) < 4.78 is 4.79. The molecule has 11 aromatic rings. The Morgan fingerprint density at radius 1 is 0.413 bits per heavy atom. The highest BCUT2D eigenvalue weighted by Gasteiger charge is 2.26. The summed E-state index contributed by atoms with van der Waals surface area (Å²) in [7, 11) is 0. The molecule has 0 amide bonds. The van der Waals surface area contributed by atoms with Crippen LogP contribution in [-0.2, 0) is 0 Å². The van der Waals surface area contributed by atoms with Crippen LogP contribution in [0.2, 0.25) is 0 Å². The molecule has 11 rings (SSSR count). The molecule has 0 aliphatic heterocycles. The van der Waals surface area contributed by atoms with E-state index < -0.39 is 0 Å². The molecule has 0 unspecified atom stereocenters. The summed E-state index contributed by atoms with van der Waals surface area (Å²) in [5, 5.41) is 10.9. The van der Waals surface area contributed by atoms with Crippen LogP contribution in [-0.4, -0.2) is 18.9 Å². The lowest BCUT2D eigenvalue weighted by atomic mass is 10.0. The molecule has 4 heteroatoms. The van der Waals surface area contributed by atoms with E-state index in [1.54, 1.807) is 0 Å². The quantitative estimate of drug-likeness (QED) is 0.203. The van der Waals surface area contributed by atoms with Gasteiger partial charge in [0.05, 0.1) is 38.8 Å². The third kappa shape index (κ3) is 2.98. The first-order chi connectivity index (χ1) is 22.8.